The molecular formula is C15H21N5O. The molecule has 1 aliphatic heterocycles. The van der Waals surface area contributed by atoms with Crippen LogP contribution in [0.5, 0.6) is 0 Å². The van der Waals surface area contributed by atoms with Gasteiger partial charge in [-0.2, -0.15) is 0 Å². The molecule has 21 heavy (non-hydrogen) atoms. The number of fused-ring (bicyclic) bond motifs is 1. The molecule has 0 atom stereocenters. The second kappa shape index (κ2) is 6.13. The molecule has 1 fully saturated rings. The highest BCUT2D eigenvalue weighted by Crippen LogP contribution is 2.22. The summed E-state index contributed by atoms with van der Waals surface area (Å²) in [5.41, 5.74) is 2.03. The molecule has 0 unspecified atom stereocenters. The van der Waals surface area contributed by atoms with E-state index in [0.29, 0.717) is 6.54 Å². The van der Waals surface area contributed by atoms with Crippen molar-refractivity contribution in [3.63, 3.8) is 0 Å². The van der Waals surface area contributed by atoms with E-state index in [2.05, 4.69) is 26.9 Å². The summed E-state index contributed by atoms with van der Waals surface area (Å²) < 4.78 is 2.10. The minimum absolute atomic E-state index is 0.0685. The molecule has 1 amide bonds. The van der Waals surface area contributed by atoms with Crippen molar-refractivity contribution in [3.8, 4) is 0 Å². The number of carbonyl (C=O) groups excluding carboxylic acids is 1. The molecule has 1 aliphatic rings. The first-order valence-corrected chi connectivity index (χ1v) is 7.48. The first-order chi connectivity index (χ1) is 10.3. The van der Waals surface area contributed by atoms with Crippen LogP contribution in [0.3, 0.4) is 0 Å². The van der Waals surface area contributed by atoms with Gasteiger partial charge in [-0.15, -0.1) is 0 Å². The zero-order valence-electron chi connectivity index (χ0n) is 12.3. The minimum atomic E-state index is 0.0685. The fraction of sp³-hybridized carbons (Fsp3) is 0.467. The van der Waals surface area contributed by atoms with E-state index in [0.717, 1.165) is 49.8 Å². The van der Waals surface area contributed by atoms with Crippen molar-refractivity contribution < 1.29 is 4.79 Å². The van der Waals surface area contributed by atoms with Gasteiger partial charge in [0.2, 0.25) is 5.91 Å². The molecule has 2 aromatic heterocycles. The summed E-state index contributed by atoms with van der Waals surface area (Å²) >= 11 is 0. The molecule has 2 aromatic rings. The Hall–Kier alpha value is -2.08. The van der Waals surface area contributed by atoms with Gasteiger partial charge in [-0.05, 0) is 25.1 Å². The molecule has 1 saturated heterocycles. The van der Waals surface area contributed by atoms with Crippen molar-refractivity contribution in [2.75, 3.05) is 31.1 Å². The van der Waals surface area contributed by atoms with E-state index in [1.54, 1.807) is 0 Å². The highest BCUT2D eigenvalue weighted by molar-refractivity contribution is 5.81. The Morgan fingerprint density at radius 2 is 2.33 bits per heavy atom. The maximum atomic E-state index is 11.8. The highest BCUT2D eigenvalue weighted by Gasteiger charge is 2.21. The van der Waals surface area contributed by atoms with Crippen LogP contribution in [-0.4, -0.2) is 41.5 Å². The number of amides is 1. The summed E-state index contributed by atoms with van der Waals surface area (Å²) in [5.74, 6) is 0.984. The van der Waals surface area contributed by atoms with E-state index in [9.17, 15) is 4.79 Å². The number of imidazole rings is 1. The third-order valence-corrected chi connectivity index (χ3v) is 3.71. The normalized spacial score (nSPS) is 16.0. The fourth-order valence-corrected chi connectivity index (χ4v) is 2.68. The summed E-state index contributed by atoms with van der Waals surface area (Å²) in [5, 5.41) is 6.27. The average Bonchev–Trinajstić information content (AvgIpc) is 2.72. The molecule has 0 aliphatic carbocycles. The van der Waals surface area contributed by atoms with E-state index >= 15 is 0 Å². The Bertz CT molecular complexity index is 636. The van der Waals surface area contributed by atoms with Gasteiger partial charge < -0.3 is 19.9 Å². The van der Waals surface area contributed by atoms with Crippen molar-refractivity contribution in [3.05, 3.63) is 30.1 Å². The van der Waals surface area contributed by atoms with E-state index < -0.39 is 0 Å². The summed E-state index contributed by atoms with van der Waals surface area (Å²) in [4.78, 5) is 18.6. The molecule has 0 radical (unpaired) electrons. The average molecular weight is 287 g/mol. The van der Waals surface area contributed by atoms with Gasteiger partial charge in [-0.1, -0.05) is 13.0 Å². The van der Waals surface area contributed by atoms with E-state index in [-0.39, 0.29) is 5.91 Å². The van der Waals surface area contributed by atoms with Crippen molar-refractivity contribution in [1.82, 2.24) is 20.0 Å². The standard InChI is InChI=1S/C15H21N5O/c1-2-16-10-12-15(18-13-6-3-4-9-20(12)13)19-8-5-7-17-14(21)11-19/h3-4,6,9,16H,2,5,7-8,10-11H2,1H3,(H,17,21). The predicted molar refractivity (Wildman–Crippen MR) is 82.4 cm³/mol. The van der Waals surface area contributed by atoms with Crippen LogP contribution in [-0.2, 0) is 11.3 Å². The van der Waals surface area contributed by atoms with Gasteiger partial charge in [0.15, 0.2) is 5.82 Å². The van der Waals surface area contributed by atoms with Crippen molar-refractivity contribution in [2.24, 2.45) is 0 Å². The highest BCUT2D eigenvalue weighted by atomic mass is 16.2. The number of nitrogens with one attached hydrogen (secondary N) is 2. The topological polar surface area (TPSA) is 61.7 Å². The monoisotopic (exact) mass is 287 g/mol. The van der Waals surface area contributed by atoms with Crippen molar-refractivity contribution in [1.29, 1.82) is 0 Å². The molecule has 112 valence electrons. The maximum absolute atomic E-state index is 11.8. The number of aromatic nitrogens is 2. The Kier molecular flexibility index (Phi) is 4.06. The Balaban J connectivity index is 2.00. The molecule has 2 N–H and O–H groups in total. The molecule has 6 heteroatoms. The first kappa shape index (κ1) is 13.9. The Labute approximate surface area is 124 Å². The number of pyridine rings is 1. The summed E-state index contributed by atoms with van der Waals surface area (Å²) in [6.45, 7) is 5.70. The molecule has 3 rings (SSSR count). The van der Waals surface area contributed by atoms with Gasteiger partial charge in [0.05, 0.1) is 12.2 Å². The summed E-state index contributed by atoms with van der Waals surface area (Å²) in [7, 11) is 0. The van der Waals surface area contributed by atoms with Gasteiger partial charge >= 0.3 is 0 Å². The second-order valence-electron chi connectivity index (χ2n) is 5.22. The van der Waals surface area contributed by atoms with Crippen molar-refractivity contribution in [2.45, 2.75) is 19.9 Å². The van der Waals surface area contributed by atoms with Crippen LogP contribution in [0.1, 0.15) is 19.0 Å². The van der Waals surface area contributed by atoms with Crippen LogP contribution in [0.15, 0.2) is 24.4 Å². The summed E-state index contributed by atoms with van der Waals surface area (Å²) in [6, 6.07) is 5.98. The Morgan fingerprint density at radius 1 is 1.43 bits per heavy atom. The maximum Gasteiger partial charge on any atom is 0.239 e. The lowest BCUT2D eigenvalue weighted by molar-refractivity contribution is -0.119. The van der Waals surface area contributed by atoms with Gasteiger partial charge in [0.25, 0.3) is 0 Å². The molecule has 0 spiro atoms. The molecule has 0 aromatic carbocycles. The van der Waals surface area contributed by atoms with Gasteiger partial charge in [0, 0.05) is 25.8 Å². The van der Waals surface area contributed by atoms with E-state index in [1.165, 1.54) is 0 Å². The van der Waals surface area contributed by atoms with Crippen LogP contribution >= 0.6 is 0 Å². The molecule has 6 nitrogen and oxygen atoms in total. The number of hydrogen-bond acceptors (Lipinski definition) is 4. The smallest absolute Gasteiger partial charge is 0.239 e. The summed E-state index contributed by atoms with van der Waals surface area (Å²) in [6.07, 6.45) is 2.97. The minimum Gasteiger partial charge on any atom is -0.354 e. The van der Waals surface area contributed by atoms with Crippen LogP contribution in [0.25, 0.3) is 5.65 Å². The largest absolute Gasteiger partial charge is 0.354 e. The van der Waals surface area contributed by atoms with E-state index in [1.807, 2.05) is 24.4 Å². The zero-order chi connectivity index (χ0) is 14.7. The van der Waals surface area contributed by atoms with Gasteiger partial charge in [0.1, 0.15) is 5.65 Å². The van der Waals surface area contributed by atoms with Gasteiger partial charge in [-0.3, -0.25) is 4.79 Å². The van der Waals surface area contributed by atoms with Gasteiger partial charge in [-0.25, -0.2) is 4.98 Å². The zero-order valence-corrected chi connectivity index (χ0v) is 12.3. The van der Waals surface area contributed by atoms with Crippen LogP contribution < -0.4 is 15.5 Å². The van der Waals surface area contributed by atoms with E-state index in [4.69, 9.17) is 4.98 Å². The second-order valence-corrected chi connectivity index (χ2v) is 5.22. The number of nitrogens with zero attached hydrogens (tertiary/aromatic N) is 3. The Morgan fingerprint density at radius 3 is 3.19 bits per heavy atom. The number of hydrogen-bond donors (Lipinski definition) is 2. The number of anilines is 1. The molecule has 0 bridgehead atoms. The molecular weight excluding hydrogens is 266 g/mol. The van der Waals surface area contributed by atoms with Crippen molar-refractivity contribution >= 4 is 17.4 Å². The number of carbonyl (C=O) groups is 1. The fourth-order valence-electron chi connectivity index (χ4n) is 2.68. The lowest BCUT2D eigenvalue weighted by atomic mass is 10.3. The quantitative estimate of drug-likeness (QED) is 0.872. The number of rotatable bonds is 4. The molecule has 0 saturated carbocycles. The third-order valence-electron chi connectivity index (χ3n) is 3.71. The predicted octanol–water partition coefficient (Wildman–Crippen LogP) is 0.770. The third kappa shape index (κ3) is 2.85. The SMILES string of the molecule is CCNCc1c(N2CCCNC(=O)C2)nc2ccccn12. The van der Waals surface area contributed by atoms with Crippen LogP contribution in [0, 0.1) is 0 Å². The van der Waals surface area contributed by atoms with Crippen LogP contribution in [0.4, 0.5) is 5.82 Å². The van der Waals surface area contributed by atoms with Crippen LogP contribution in [0.2, 0.25) is 0 Å². The molecule has 3 heterocycles. The lowest BCUT2D eigenvalue weighted by Gasteiger charge is -2.20. The lowest BCUT2D eigenvalue weighted by Crippen LogP contribution is -2.34. The first-order valence-electron chi connectivity index (χ1n) is 7.48.